The molecule has 0 bridgehead atoms. The van der Waals surface area contributed by atoms with Gasteiger partial charge in [-0.25, -0.2) is 9.18 Å². The van der Waals surface area contributed by atoms with Gasteiger partial charge in [0.25, 0.3) is 0 Å². The Morgan fingerprint density at radius 1 is 1.62 bits per heavy atom. The molecule has 0 saturated carbocycles. The fourth-order valence-electron chi connectivity index (χ4n) is 0.789. The van der Waals surface area contributed by atoms with E-state index < -0.39 is 11.8 Å². The van der Waals surface area contributed by atoms with Crippen LogP contribution in [0.3, 0.4) is 0 Å². The molecular formula is C8H5BrClFO2. The van der Waals surface area contributed by atoms with Crippen molar-refractivity contribution < 1.29 is 13.9 Å². The molecule has 0 aliphatic carbocycles. The average molecular weight is 267 g/mol. The second-order valence-corrected chi connectivity index (χ2v) is 3.50. The largest absolute Gasteiger partial charge is 0.465 e. The predicted octanol–water partition coefficient (Wildman–Crippen LogP) is 3.03. The van der Waals surface area contributed by atoms with E-state index in [1.165, 1.54) is 13.2 Å². The first-order valence-corrected chi connectivity index (χ1v) is 4.46. The summed E-state index contributed by atoms with van der Waals surface area (Å²) in [6, 6.07) is 2.33. The Bertz CT molecular complexity index is 354. The Balaban J connectivity index is 3.23. The maximum absolute atomic E-state index is 13.1. The minimum absolute atomic E-state index is 0.171. The summed E-state index contributed by atoms with van der Waals surface area (Å²) < 4.78 is 17.8. The van der Waals surface area contributed by atoms with E-state index in [4.69, 9.17) is 11.6 Å². The lowest BCUT2D eigenvalue weighted by atomic mass is 10.2. The van der Waals surface area contributed by atoms with Crippen LogP contribution in [0.1, 0.15) is 10.4 Å². The Morgan fingerprint density at radius 2 is 2.23 bits per heavy atom. The molecule has 2 nitrogen and oxygen atoms in total. The van der Waals surface area contributed by atoms with Crippen LogP contribution in [0, 0.1) is 5.82 Å². The van der Waals surface area contributed by atoms with Gasteiger partial charge in [-0.2, -0.15) is 0 Å². The summed E-state index contributed by atoms with van der Waals surface area (Å²) in [4.78, 5) is 11.0. The van der Waals surface area contributed by atoms with Gasteiger partial charge in [0.2, 0.25) is 0 Å². The molecule has 0 aromatic heterocycles. The highest BCUT2D eigenvalue weighted by Gasteiger charge is 2.14. The third kappa shape index (κ3) is 2.19. The van der Waals surface area contributed by atoms with E-state index in [0.29, 0.717) is 4.47 Å². The molecule has 0 spiro atoms. The lowest BCUT2D eigenvalue weighted by Gasteiger charge is -2.02. The van der Waals surface area contributed by atoms with Gasteiger partial charge in [-0.3, -0.25) is 0 Å². The van der Waals surface area contributed by atoms with E-state index >= 15 is 0 Å². The molecule has 0 N–H and O–H groups in total. The fourth-order valence-corrected chi connectivity index (χ4v) is 1.27. The van der Waals surface area contributed by atoms with Crippen LogP contribution in [0.2, 0.25) is 5.02 Å². The van der Waals surface area contributed by atoms with Gasteiger partial charge < -0.3 is 4.74 Å². The molecule has 0 saturated heterocycles. The summed E-state index contributed by atoms with van der Waals surface area (Å²) in [6.45, 7) is 0. The first-order chi connectivity index (χ1) is 6.06. The lowest BCUT2D eigenvalue weighted by Crippen LogP contribution is -2.04. The van der Waals surface area contributed by atoms with Gasteiger partial charge >= 0.3 is 5.97 Å². The number of halogens is 3. The number of hydrogen-bond acceptors (Lipinski definition) is 2. The number of hydrogen-bond donors (Lipinski definition) is 0. The fraction of sp³-hybridized carbons (Fsp3) is 0.125. The average Bonchev–Trinajstić information content (AvgIpc) is 2.10. The molecule has 0 unspecified atom stereocenters. The van der Waals surface area contributed by atoms with Gasteiger partial charge in [0.15, 0.2) is 0 Å². The zero-order valence-electron chi connectivity index (χ0n) is 6.61. The monoisotopic (exact) mass is 266 g/mol. The van der Waals surface area contributed by atoms with Crippen LogP contribution >= 0.6 is 27.5 Å². The molecule has 13 heavy (non-hydrogen) atoms. The normalized spacial score (nSPS) is 9.85. The second kappa shape index (κ2) is 4.07. The van der Waals surface area contributed by atoms with Gasteiger partial charge in [-0.05, 0) is 28.1 Å². The first-order valence-electron chi connectivity index (χ1n) is 3.29. The molecule has 5 heteroatoms. The molecule has 0 heterocycles. The molecule has 0 fully saturated rings. The number of carbonyl (C=O) groups excluding carboxylic acids is 1. The van der Waals surface area contributed by atoms with E-state index in [9.17, 15) is 9.18 Å². The molecule has 0 aliphatic rings. The molecule has 0 atom stereocenters. The Morgan fingerprint density at radius 3 is 2.77 bits per heavy atom. The minimum atomic E-state index is -0.744. The van der Waals surface area contributed by atoms with Crippen molar-refractivity contribution >= 4 is 33.5 Å². The Labute approximate surface area is 87.8 Å². The zero-order chi connectivity index (χ0) is 10.0. The molecule has 1 aromatic rings. The van der Waals surface area contributed by atoms with Crippen molar-refractivity contribution in [3.8, 4) is 0 Å². The van der Waals surface area contributed by atoms with Gasteiger partial charge in [-0.1, -0.05) is 11.6 Å². The maximum Gasteiger partial charge on any atom is 0.340 e. The quantitative estimate of drug-likeness (QED) is 0.577. The highest BCUT2D eigenvalue weighted by molar-refractivity contribution is 9.10. The van der Waals surface area contributed by atoms with Crippen molar-refractivity contribution in [1.82, 2.24) is 0 Å². The molecule has 0 aliphatic heterocycles. The van der Waals surface area contributed by atoms with Crippen LogP contribution in [-0.2, 0) is 4.74 Å². The van der Waals surface area contributed by atoms with E-state index in [-0.39, 0.29) is 10.6 Å². The standard InChI is InChI=1S/C8H5BrClFO2/c1-13-8(12)4-2-6(10)5(9)3-7(4)11/h2-3H,1H3. The zero-order valence-corrected chi connectivity index (χ0v) is 8.95. The van der Waals surface area contributed by atoms with Crippen molar-refractivity contribution in [2.75, 3.05) is 7.11 Å². The third-order valence-electron chi connectivity index (χ3n) is 1.42. The van der Waals surface area contributed by atoms with E-state index in [1.54, 1.807) is 0 Å². The van der Waals surface area contributed by atoms with Crippen molar-refractivity contribution in [1.29, 1.82) is 0 Å². The van der Waals surface area contributed by atoms with Crippen molar-refractivity contribution in [3.05, 3.63) is 33.0 Å². The second-order valence-electron chi connectivity index (χ2n) is 2.24. The predicted molar refractivity (Wildman–Crippen MR) is 50.4 cm³/mol. The highest BCUT2D eigenvalue weighted by Crippen LogP contribution is 2.25. The molecule has 1 aromatic carbocycles. The number of methoxy groups -OCH3 is 1. The van der Waals surface area contributed by atoms with E-state index in [0.717, 1.165) is 6.07 Å². The van der Waals surface area contributed by atoms with Crippen molar-refractivity contribution in [2.45, 2.75) is 0 Å². The number of ether oxygens (including phenoxy) is 1. The molecular weight excluding hydrogens is 262 g/mol. The minimum Gasteiger partial charge on any atom is -0.465 e. The first kappa shape index (κ1) is 10.5. The van der Waals surface area contributed by atoms with Crippen molar-refractivity contribution in [3.63, 3.8) is 0 Å². The SMILES string of the molecule is COC(=O)c1cc(Cl)c(Br)cc1F. The van der Waals surface area contributed by atoms with Crippen LogP contribution < -0.4 is 0 Å². The van der Waals surface area contributed by atoms with Crippen LogP contribution in [0.15, 0.2) is 16.6 Å². The van der Waals surface area contributed by atoms with Gasteiger partial charge in [0, 0.05) is 4.47 Å². The highest BCUT2D eigenvalue weighted by atomic mass is 79.9. The third-order valence-corrected chi connectivity index (χ3v) is 2.61. The molecule has 0 amide bonds. The lowest BCUT2D eigenvalue weighted by molar-refractivity contribution is 0.0595. The number of benzene rings is 1. The number of carbonyl (C=O) groups is 1. The maximum atomic E-state index is 13.1. The Hall–Kier alpha value is -0.610. The summed E-state index contributed by atoms with van der Waals surface area (Å²) in [5, 5.41) is 0.266. The number of rotatable bonds is 1. The summed E-state index contributed by atoms with van der Waals surface area (Å²) in [5.41, 5.74) is -0.171. The summed E-state index contributed by atoms with van der Waals surface area (Å²) in [5.74, 6) is -1.41. The van der Waals surface area contributed by atoms with Crippen LogP contribution in [0.5, 0.6) is 0 Å². The Kier molecular flexibility index (Phi) is 3.27. The van der Waals surface area contributed by atoms with Crippen LogP contribution in [0.25, 0.3) is 0 Å². The van der Waals surface area contributed by atoms with Crippen molar-refractivity contribution in [2.24, 2.45) is 0 Å². The van der Waals surface area contributed by atoms with Gasteiger partial charge in [0.05, 0.1) is 17.7 Å². The number of esters is 1. The summed E-state index contributed by atoms with van der Waals surface area (Å²) >= 11 is 8.69. The molecule has 70 valence electrons. The summed E-state index contributed by atoms with van der Waals surface area (Å²) in [6.07, 6.45) is 0. The van der Waals surface area contributed by atoms with Gasteiger partial charge in [0.1, 0.15) is 5.82 Å². The van der Waals surface area contributed by atoms with Crippen LogP contribution in [-0.4, -0.2) is 13.1 Å². The van der Waals surface area contributed by atoms with Gasteiger partial charge in [-0.15, -0.1) is 0 Å². The van der Waals surface area contributed by atoms with E-state index in [2.05, 4.69) is 20.7 Å². The smallest absolute Gasteiger partial charge is 0.340 e. The topological polar surface area (TPSA) is 26.3 Å². The summed E-state index contributed by atoms with van der Waals surface area (Å²) in [7, 11) is 1.18. The van der Waals surface area contributed by atoms with Crippen LogP contribution in [0.4, 0.5) is 4.39 Å². The van der Waals surface area contributed by atoms with E-state index in [1.807, 2.05) is 0 Å². The molecule has 1 rings (SSSR count). The molecule has 0 radical (unpaired) electrons.